The molecule has 14 heteroatoms. The van der Waals surface area contributed by atoms with E-state index in [1.165, 1.54) is 11.0 Å². The Morgan fingerprint density at radius 3 is 2.53 bits per heavy atom. The molecule has 1 aliphatic rings. The number of anilines is 2. The lowest BCUT2D eigenvalue weighted by Crippen LogP contribution is -2.42. The number of hydrogen-bond acceptors (Lipinski definition) is 10. The fourth-order valence-electron chi connectivity index (χ4n) is 3.25. The number of nitrogens with one attached hydrogen (secondary N) is 1. The Kier molecular flexibility index (Phi) is 7.49. The molecular weight excluding hydrogens is 473 g/mol. The fraction of sp³-hybridized carbons (Fsp3) is 0.450. The Labute approximate surface area is 195 Å². The van der Waals surface area contributed by atoms with Gasteiger partial charge >= 0.3 is 11.8 Å². The van der Waals surface area contributed by atoms with Gasteiger partial charge in [-0.15, -0.1) is 0 Å². The minimum atomic E-state index is -3.63. The summed E-state index contributed by atoms with van der Waals surface area (Å²) in [4.78, 5) is 32.0. The van der Waals surface area contributed by atoms with Crippen LogP contribution in [-0.4, -0.2) is 65.9 Å². The maximum atomic E-state index is 14.4. The molecule has 0 aliphatic carbocycles. The van der Waals surface area contributed by atoms with Crippen LogP contribution < -0.4 is 10.1 Å². The number of amides is 1. The van der Waals surface area contributed by atoms with E-state index >= 15 is 0 Å². The Hall–Kier alpha value is -3.55. The molecule has 1 saturated heterocycles. The molecule has 184 valence electrons. The van der Waals surface area contributed by atoms with Crippen molar-refractivity contribution in [2.45, 2.75) is 43.8 Å². The van der Waals surface area contributed by atoms with Gasteiger partial charge in [-0.3, -0.25) is 10.1 Å². The number of nitro groups is 1. The number of ether oxygens (including phenoxy) is 2. The maximum absolute atomic E-state index is 14.4. The van der Waals surface area contributed by atoms with Gasteiger partial charge in [-0.1, -0.05) is 0 Å². The average Bonchev–Trinajstić information content (AvgIpc) is 2.74. The second-order valence-corrected chi connectivity index (χ2v) is 9.92. The summed E-state index contributed by atoms with van der Waals surface area (Å²) in [6.07, 6.45) is 1.64. The molecule has 3 rings (SSSR count). The minimum absolute atomic E-state index is 0.211. The summed E-state index contributed by atoms with van der Waals surface area (Å²) in [5, 5.41) is 14.3. The first-order chi connectivity index (χ1) is 16.0. The number of sulfone groups is 1. The van der Waals surface area contributed by atoms with Gasteiger partial charge in [0.2, 0.25) is 5.82 Å². The molecule has 0 saturated carbocycles. The van der Waals surface area contributed by atoms with E-state index in [1.807, 2.05) is 0 Å². The van der Waals surface area contributed by atoms with Gasteiger partial charge in [-0.05, 0) is 32.0 Å². The number of rotatable bonds is 7. The van der Waals surface area contributed by atoms with Crippen LogP contribution in [0.1, 0.15) is 26.7 Å². The molecule has 1 amide bonds. The van der Waals surface area contributed by atoms with Crippen molar-refractivity contribution < 1.29 is 32.0 Å². The third-order valence-electron chi connectivity index (χ3n) is 4.91. The lowest BCUT2D eigenvalue weighted by Gasteiger charge is -2.31. The van der Waals surface area contributed by atoms with Crippen LogP contribution >= 0.6 is 0 Å². The smallest absolute Gasteiger partial charge is 0.410 e. The summed E-state index contributed by atoms with van der Waals surface area (Å²) >= 11 is 0. The fourth-order valence-corrected chi connectivity index (χ4v) is 3.88. The number of carbonyl (C=O) groups is 1. The zero-order chi connectivity index (χ0) is 25.0. The molecule has 1 aromatic carbocycles. The Balaban J connectivity index is 1.76. The van der Waals surface area contributed by atoms with Gasteiger partial charge in [0, 0.05) is 32.2 Å². The van der Waals surface area contributed by atoms with Crippen molar-refractivity contribution in [1.82, 2.24) is 14.9 Å². The van der Waals surface area contributed by atoms with Crippen LogP contribution in [0.15, 0.2) is 29.4 Å². The zero-order valence-electron chi connectivity index (χ0n) is 18.7. The molecule has 12 nitrogen and oxygen atoms in total. The zero-order valence-corrected chi connectivity index (χ0v) is 19.5. The lowest BCUT2D eigenvalue weighted by molar-refractivity contribution is -0.385. The molecule has 34 heavy (non-hydrogen) atoms. The Morgan fingerprint density at radius 2 is 1.97 bits per heavy atom. The Morgan fingerprint density at radius 1 is 1.29 bits per heavy atom. The summed E-state index contributed by atoms with van der Waals surface area (Å²) in [5.74, 6) is -1.56. The molecule has 1 aromatic heterocycles. The van der Waals surface area contributed by atoms with Crippen molar-refractivity contribution in [3.8, 4) is 5.88 Å². The van der Waals surface area contributed by atoms with E-state index in [4.69, 9.17) is 9.47 Å². The van der Waals surface area contributed by atoms with E-state index in [-0.39, 0.29) is 28.4 Å². The minimum Gasteiger partial charge on any atom is -0.469 e. The molecule has 1 N–H and O–H groups in total. The van der Waals surface area contributed by atoms with E-state index in [9.17, 15) is 27.7 Å². The second kappa shape index (κ2) is 10.2. The van der Waals surface area contributed by atoms with Crippen LogP contribution in [0.25, 0.3) is 0 Å². The van der Waals surface area contributed by atoms with Gasteiger partial charge in [-0.25, -0.2) is 22.6 Å². The highest BCUT2D eigenvalue weighted by Crippen LogP contribution is 2.35. The van der Waals surface area contributed by atoms with Crippen LogP contribution in [0.3, 0.4) is 0 Å². The van der Waals surface area contributed by atoms with Gasteiger partial charge in [0.15, 0.2) is 9.84 Å². The molecule has 0 bridgehead atoms. The van der Waals surface area contributed by atoms with Crippen molar-refractivity contribution in [2.75, 3.05) is 24.7 Å². The lowest BCUT2D eigenvalue weighted by atomic mass is 10.1. The molecule has 0 atom stereocenters. The first-order valence-electron chi connectivity index (χ1n) is 10.3. The molecule has 0 radical (unpaired) electrons. The summed E-state index contributed by atoms with van der Waals surface area (Å²) in [7, 11) is -3.63. The number of benzene rings is 1. The number of aromatic nitrogens is 2. The van der Waals surface area contributed by atoms with E-state index in [0.29, 0.717) is 25.9 Å². The third-order valence-corrected chi connectivity index (χ3v) is 6.02. The SMILES string of the molecule is CC(C)OC(=O)N1CCC(Oc2ncnc(Nc3ccc(S(C)(=O)=O)cc3F)c2[N+](=O)[O-])CC1. The van der Waals surface area contributed by atoms with Crippen LogP contribution in [-0.2, 0) is 14.6 Å². The van der Waals surface area contributed by atoms with Gasteiger partial charge < -0.3 is 19.7 Å². The molecule has 0 unspecified atom stereocenters. The van der Waals surface area contributed by atoms with Crippen LogP contribution in [0.4, 0.5) is 26.4 Å². The van der Waals surface area contributed by atoms with E-state index in [0.717, 1.165) is 24.7 Å². The predicted molar refractivity (Wildman–Crippen MR) is 118 cm³/mol. The standard InChI is InChI=1S/C20H24FN5O7S/c1-12(2)32-20(27)25-8-6-13(7-9-25)33-19-17(26(28)29)18(22-11-23-19)24-16-5-4-14(10-15(16)21)34(3,30)31/h4-5,10-13H,6-9H2,1-3H3,(H,22,23,24). The highest BCUT2D eigenvalue weighted by Gasteiger charge is 2.30. The maximum Gasteiger partial charge on any atom is 0.410 e. The van der Waals surface area contributed by atoms with Crippen molar-refractivity contribution in [3.63, 3.8) is 0 Å². The van der Waals surface area contributed by atoms with E-state index in [1.54, 1.807) is 13.8 Å². The molecule has 1 fully saturated rings. The number of carbonyl (C=O) groups excluding carboxylic acids is 1. The first kappa shape index (κ1) is 25.1. The Bertz CT molecular complexity index is 1180. The van der Waals surface area contributed by atoms with Crippen LogP contribution in [0, 0.1) is 15.9 Å². The van der Waals surface area contributed by atoms with Crippen molar-refractivity contribution in [2.24, 2.45) is 0 Å². The number of nitrogens with zero attached hydrogens (tertiary/aromatic N) is 4. The normalized spacial score (nSPS) is 14.7. The van der Waals surface area contributed by atoms with Gasteiger partial charge in [-0.2, -0.15) is 4.98 Å². The summed E-state index contributed by atoms with van der Waals surface area (Å²) in [6, 6.07) is 3.12. The van der Waals surface area contributed by atoms with E-state index in [2.05, 4.69) is 15.3 Å². The largest absolute Gasteiger partial charge is 0.469 e. The number of hydrogen-bond donors (Lipinski definition) is 1. The summed E-state index contributed by atoms with van der Waals surface area (Å²) in [6.45, 7) is 4.19. The van der Waals surface area contributed by atoms with Crippen LogP contribution in [0.2, 0.25) is 0 Å². The monoisotopic (exact) mass is 497 g/mol. The van der Waals surface area contributed by atoms with Gasteiger partial charge in [0.25, 0.3) is 5.88 Å². The van der Waals surface area contributed by atoms with Crippen LogP contribution in [0.5, 0.6) is 5.88 Å². The quantitative estimate of drug-likeness (QED) is 0.446. The van der Waals surface area contributed by atoms with E-state index < -0.39 is 38.5 Å². The number of halogens is 1. The molecular formula is C20H24FN5O7S. The highest BCUT2D eigenvalue weighted by atomic mass is 32.2. The number of piperidine rings is 1. The topological polar surface area (TPSA) is 154 Å². The van der Waals surface area contributed by atoms with Crippen molar-refractivity contribution in [1.29, 1.82) is 0 Å². The average molecular weight is 498 g/mol. The van der Waals surface area contributed by atoms with Gasteiger partial charge in [0.1, 0.15) is 18.2 Å². The number of likely N-dealkylation sites (tertiary alicyclic amines) is 1. The molecule has 2 heterocycles. The summed E-state index contributed by atoms with van der Waals surface area (Å²) in [5.41, 5.74) is -0.812. The van der Waals surface area contributed by atoms with Gasteiger partial charge in [0.05, 0.1) is 21.6 Å². The third kappa shape index (κ3) is 6.07. The highest BCUT2D eigenvalue weighted by molar-refractivity contribution is 7.90. The molecule has 2 aromatic rings. The first-order valence-corrected chi connectivity index (χ1v) is 12.2. The second-order valence-electron chi connectivity index (χ2n) is 7.91. The molecule has 1 aliphatic heterocycles. The van der Waals surface area contributed by atoms with Crippen molar-refractivity contribution >= 4 is 33.1 Å². The van der Waals surface area contributed by atoms with Crippen molar-refractivity contribution in [3.05, 3.63) is 40.5 Å². The predicted octanol–water partition coefficient (Wildman–Crippen LogP) is 3.06. The summed E-state index contributed by atoms with van der Waals surface area (Å²) < 4.78 is 48.5. The molecule has 0 spiro atoms.